The molecule has 9 heteroatoms. The Morgan fingerprint density at radius 3 is 2.67 bits per heavy atom. The summed E-state index contributed by atoms with van der Waals surface area (Å²) in [6.07, 6.45) is 4.22. The highest BCUT2D eigenvalue weighted by molar-refractivity contribution is 7.89. The van der Waals surface area contributed by atoms with Crippen molar-refractivity contribution in [2.24, 2.45) is 0 Å². The second-order valence-electron chi connectivity index (χ2n) is 6.42. The Kier molecular flexibility index (Phi) is 7.88. The Bertz CT molecular complexity index is 878. The van der Waals surface area contributed by atoms with Gasteiger partial charge in [0.15, 0.2) is 0 Å². The molecular formula is C18H26N4O3S2. The minimum Gasteiger partial charge on any atom is -0.300 e. The molecular weight excluding hydrogens is 384 g/mol. The van der Waals surface area contributed by atoms with Crippen LogP contribution in [-0.2, 0) is 21.2 Å². The molecule has 27 heavy (non-hydrogen) atoms. The van der Waals surface area contributed by atoms with Gasteiger partial charge in [-0.25, -0.2) is 13.1 Å². The number of aromatic nitrogens is 2. The number of sulfonamides is 1. The van der Waals surface area contributed by atoms with Gasteiger partial charge in [-0.2, -0.15) is 0 Å². The van der Waals surface area contributed by atoms with Crippen LogP contribution in [0.5, 0.6) is 0 Å². The van der Waals surface area contributed by atoms with Gasteiger partial charge in [0.05, 0.1) is 4.90 Å². The highest BCUT2D eigenvalue weighted by Crippen LogP contribution is 2.18. The van der Waals surface area contributed by atoms with Crippen LogP contribution in [0.3, 0.4) is 0 Å². The maximum Gasteiger partial charge on any atom is 0.240 e. The summed E-state index contributed by atoms with van der Waals surface area (Å²) >= 11 is 1.36. The number of rotatable bonds is 10. The predicted molar refractivity (Wildman–Crippen MR) is 107 cm³/mol. The third-order valence-corrected chi connectivity index (χ3v) is 6.49. The smallest absolute Gasteiger partial charge is 0.240 e. The van der Waals surface area contributed by atoms with E-state index in [9.17, 15) is 13.2 Å². The molecule has 0 atom stereocenters. The molecule has 148 valence electrons. The van der Waals surface area contributed by atoms with Gasteiger partial charge in [-0.05, 0) is 31.9 Å². The van der Waals surface area contributed by atoms with Crippen molar-refractivity contribution in [1.82, 2.24) is 14.9 Å². The first kappa shape index (κ1) is 21.5. The number of nitrogens with zero attached hydrogens (tertiary/aromatic N) is 2. The second kappa shape index (κ2) is 9.91. The van der Waals surface area contributed by atoms with Crippen LogP contribution in [0.4, 0.5) is 5.13 Å². The van der Waals surface area contributed by atoms with Gasteiger partial charge in [-0.3, -0.25) is 4.79 Å². The second-order valence-corrected chi connectivity index (χ2v) is 9.22. The van der Waals surface area contributed by atoms with Crippen LogP contribution >= 0.6 is 11.3 Å². The lowest BCUT2D eigenvalue weighted by Gasteiger charge is -2.09. The number of aryl methyl sites for hydroxylation is 3. The number of unbranched alkanes of at least 4 members (excludes halogenated alkanes) is 2. The van der Waals surface area contributed by atoms with Crippen LogP contribution in [0.1, 0.15) is 48.7 Å². The molecule has 0 bridgehead atoms. The van der Waals surface area contributed by atoms with Crippen molar-refractivity contribution < 1.29 is 13.2 Å². The third kappa shape index (κ3) is 6.67. The van der Waals surface area contributed by atoms with Crippen molar-refractivity contribution >= 4 is 32.4 Å². The Morgan fingerprint density at radius 1 is 1.19 bits per heavy atom. The molecule has 0 spiro atoms. The standard InChI is InChI=1S/C18H26N4O3S2/c1-4-5-6-7-17-21-22-18(26-17)20-16(23)10-11-19-27(24,25)15-9-8-13(2)12-14(15)3/h8-9,12,19H,4-7,10-11H2,1-3H3,(H,20,22,23). The van der Waals surface area contributed by atoms with Crippen LogP contribution in [0.2, 0.25) is 0 Å². The van der Waals surface area contributed by atoms with E-state index in [1.54, 1.807) is 19.1 Å². The fraction of sp³-hybridized carbons (Fsp3) is 0.500. The normalized spacial score (nSPS) is 11.5. The minimum absolute atomic E-state index is 0.0175. The molecule has 1 aromatic carbocycles. The van der Waals surface area contributed by atoms with E-state index in [1.807, 2.05) is 13.0 Å². The van der Waals surface area contributed by atoms with Crippen molar-refractivity contribution in [2.45, 2.75) is 57.8 Å². The molecule has 0 saturated heterocycles. The molecule has 1 heterocycles. The predicted octanol–water partition coefficient (Wildman–Crippen LogP) is 3.19. The van der Waals surface area contributed by atoms with E-state index in [4.69, 9.17) is 0 Å². The van der Waals surface area contributed by atoms with E-state index in [0.717, 1.165) is 36.3 Å². The van der Waals surface area contributed by atoms with Crippen molar-refractivity contribution in [2.75, 3.05) is 11.9 Å². The summed E-state index contributed by atoms with van der Waals surface area (Å²) in [6, 6.07) is 5.14. The van der Waals surface area contributed by atoms with Gasteiger partial charge in [0.1, 0.15) is 5.01 Å². The number of nitrogens with one attached hydrogen (secondary N) is 2. The van der Waals surface area contributed by atoms with E-state index >= 15 is 0 Å². The average Bonchev–Trinajstić information content (AvgIpc) is 3.01. The van der Waals surface area contributed by atoms with E-state index in [-0.39, 0.29) is 23.8 Å². The minimum atomic E-state index is -3.64. The Balaban J connectivity index is 1.81. The molecule has 0 saturated carbocycles. The number of carbonyl (C=O) groups excluding carboxylic acids is 1. The summed E-state index contributed by atoms with van der Waals surface area (Å²) in [4.78, 5) is 12.2. The van der Waals surface area contributed by atoms with Crippen LogP contribution < -0.4 is 10.0 Å². The van der Waals surface area contributed by atoms with E-state index < -0.39 is 10.0 Å². The van der Waals surface area contributed by atoms with Gasteiger partial charge in [-0.1, -0.05) is 48.8 Å². The Hall–Kier alpha value is -1.84. The molecule has 2 aromatic rings. The van der Waals surface area contributed by atoms with Crippen molar-refractivity contribution in [3.63, 3.8) is 0 Å². The molecule has 1 amide bonds. The van der Waals surface area contributed by atoms with Gasteiger partial charge in [0.2, 0.25) is 21.1 Å². The number of anilines is 1. The monoisotopic (exact) mass is 410 g/mol. The van der Waals surface area contributed by atoms with E-state index in [1.165, 1.54) is 11.3 Å². The summed E-state index contributed by atoms with van der Waals surface area (Å²) < 4.78 is 27.2. The lowest BCUT2D eigenvalue weighted by Crippen LogP contribution is -2.28. The van der Waals surface area contributed by atoms with Crippen LogP contribution in [0, 0.1) is 13.8 Å². The lowest BCUT2D eigenvalue weighted by atomic mass is 10.2. The number of benzene rings is 1. The van der Waals surface area contributed by atoms with Crippen molar-refractivity contribution in [3.8, 4) is 0 Å². The van der Waals surface area contributed by atoms with Crippen LogP contribution in [0.25, 0.3) is 0 Å². The summed E-state index contributed by atoms with van der Waals surface area (Å²) in [5, 5.41) is 12.0. The topological polar surface area (TPSA) is 101 Å². The largest absolute Gasteiger partial charge is 0.300 e. The average molecular weight is 411 g/mol. The summed E-state index contributed by atoms with van der Waals surface area (Å²) in [7, 11) is -3.64. The maximum absolute atomic E-state index is 12.4. The molecule has 2 N–H and O–H groups in total. The van der Waals surface area contributed by atoms with Gasteiger partial charge in [0.25, 0.3) is 0 Å². The first-order valence-electron chi connectivity index (χ1n) is 9.01. The van der Waals surface area contributed by atoms with Gasteiger partial charge < -0.3 is 5.32 Å². The zero-order valence-electron chi connectivity index (χ0n) is 15.9. The Labute approximate surface area is 164 Å². The van der Waals surface area contributed by atoms with Gasteiger partial charge in [0, 0.05) is 19.4 Å². The fourth-order valence-electron chi connectivity index (χ4n) is 2.59. The molecule has 1 aromatic heterocycles. The number of carbonyl (C=O) groups is 1. The van der Waals surface area contributed by atoms with Crippen LogP contribution in [0.15, 0.2) is 23.1 Å². The zero-order valence-corrected chi connectivity index (χ0v) is 17.5. The SMILES string of the molecule is CCCCCc1nnc(NC(=O)CCNS(=O)(=O)c2ccc(C)cc2C)s1. The third-order valence-electron chi connectivity index (χ3n) is 3.97. The molecule has 0 fully saturated rings. The molecule has 0 aliphatic rings. The summed E-state index contributed by atoms with van der Waals surface area (Å²) in [6.45, 7) is 5.81. The zero-order chi connectivity index (χ0) is 19.9. The number of amides is 1. The van der Waals surface area contributed by atoms with Crippen LogP contribution in [-0.4, -0.2) is 31.1 Å². The van der Waals surface area contributed by atoms with Crippen molar-refractivity contribution in [3.05, 3.63) is 34.3 Å². The van der Waals surface area contributed by atoms with E-state index in [2.05, 4.69) is 27.2 Å². The molecule has 7 nitrogen and oxygen atoms in total. The first-order chi connectivity index (χ1) is 12.8. The van der Waals surface area contributed by atoms with Gasteiger partial charge >= 0.3 is 0 Å². The molecule has 0 unspecified atom stereocenters. The Morgan fingerprint density at radius 2 is 1.96 bits per heavy atom. The van der Waals surface area contributed by atoms with E-state index in [0.29, 0.717) is 10.7 Å². The molecule has 2 rings (SSSR count). The maximum atomic E-state index is 12.4. The van der Waals surface area contributed by atoms with Gasteiger partial charge in [-0.15, -0.1) is 10.2 Å². The molecule has 0 aliphatic carbocycles. The summed E-state index contributed by atoms with van der Waals surface area (Å²) in [5.41, 5.74) is 1.67. The number of hydrogen-bond donors (Lipinski definition) is 2. The number of hydrogen-bond acceptors (Lipinski definition) is 6. The highest BCUT2D eigenvalue weighted by Gasteiger charge is 2.17. The summed E-state index contributed by atoms with van der Waals surface area (Å²) in [5.74, 6) is -0.297. The van der Waals surface area contributed by atoms with Crippen molar-refractivity contribution in [1.29, 1.82) is 0 Å². The first-order valence-corrected chi connectivity index (χ1v) is 11.3. The lowest BCUT2D eigenvalue weighted by molar-refractivity contribution is -0.116. The molecule has 0 radical (unpaired) electrons. The molecule has 0 aliphatic heterocycles. The highest BCUT2D eigenvalue weighted by atomic mass is 32.2. The fourth-order valence-corrected chi connectivity index (χ4v) is 4.64. The quantitative estimate of drug-likeness (QED) is 0.586.